The van der Waals surface area contributed by atoms with Crippen LogP contribution in [0.25, 0.3) is 0 Å². The summed E-state index contributed by atoms with van der Waals surface area (Å²) in [5.41, 5.74) is -0.320. The zero-order valence-corrected chi connectivity index (χ0v) is 20.7. The summed E-state index contributed by atoms with van der Waals surface area (Å²) in [5, 5.41) is 13.6. The number of carbonyl (C=O) groups is 1. The Morgan fingerprint density at radius 3 is 2.26 bits per heavy atom. The van der Waals surface area contributed by atoms with Crippen molar-refractivity contribution in [2.75, 3.05) is 37.8 Å². The van der Waals surface area contributed by atoms with Crippen LogP contribution in [0.3, 0.4) is 0 Å². The van der Waals surface area contributed by atoms with Crippen molar-refractivity contribution in [2.24, 2.45) is 0 Å². The first-order chi connectivity index (χ1) is 15.7. The van der Waals surface area contributed by atoms with E-state index in [0.29, 0.717) is 5.75 Å². The van der Waals surface area contributed by atoms with Crippen molar-refractivity contribution in [1.29, 1.82) is 0 Å². The van der Waals surface area contributed by atoms with Gasteiger partial charge in [0.15, 0.2) is 0 Å². The molecule has 0 aromatic heterocycles. The molecule has 0 aliphatic carbocycles. The topological polar surface area (TPSA) is 156 Å². The van der Waals surface area contributed by atoms with Crippen LogP contribution in [-0.4, -0.2) is 71.5 Å². The van der Waals surface area contributed by atoms with Gasteiger partial charge in [0.05, 0.1) is 28.3 Å². The van der Waals surface area contributed by atoms with E-state index in [9.17, 15) is 31.7 Å². The van der Waals surface area contributed by atoms with Crippen LogP contribution in [0.4, 0.5) is 11.4 Å². The van der Waals surface area contributed by atoms with Gasteiger partial charge in [0, 0.05) is 26.2 Å². The van der Waals surface area contributed by atoms with Crippen molar-refractivity contribution in [3.8, 4) is 5.75 Å². The number of sulfonamides is 2. The zero-order chi connectivity index (χ0) is 25.7. The molecule has 1 amide bonds. The zero-order valence-electron chi connectivity index (χ0n) is 19.0. The number of amides is 1. The number of nitrogens with zero attached hydrogens (tertiary/aromatic N) is 3. The minimum atomic E-state index is -3.93. The molecule has 0 bridgehead atoms. The fraction of sp³-hybridized carbons (Fsp3) is 0.350. The quantitative estimate of drug-likeness (QED) is 0.266. The number of hydrogen-bond acceptors (Lipinski definition) is 8. The summed E-state index contributed by atoms with van der Waals surface area (Å²) in [4.78, 5) is 23.1. The van der Waals surface area contributed by atoms with E-state index in [0.717, 1.165) is 20.9 Å². The number of nitro benzene ring substituents is 1. The third-order valence-corrected chi connectivity index (χ3v) is 7.73. The van der Waals surface area contributed by atoms with Gasteiger partial charge in [0.25, 0.3) is 5.69 Å². The second kappa shape index (κ2) is 10.8. The molecule has 2 aromatic carbocycles. The Balaban J connectivity index is 2.00. The maximum absolute atomic E-state index is 12.6. The van der Waals surface area contributed by atoms with E-state index in [-0.39, 0.29) is 29.4 Å². The molecule has 0 aliphatic heterocycles. The molecule has 0 aliphatic rings. The van der Waals surface area contributed by atoms with Gasteiger partial charge >= 0.3 is 0 Å². The lowest BCUT2D eigenvalue weighted by atomic mass is 10.2. The van der Waals surface area contributed by atoms with E-state index >= 15 is 0 Å². The SMILES string of the molecule is C[C@@H](C(=O)NCCOc1ccc(S(=O)(=O)N(C)C)cc1)N(c1cccc([N+](=O)[O-])c1)S(C)(=O)=O. The molecule has 2 rings (SSSR count). The van der Waals surface area contributed by atoms with Gasteiger partial charge in [-0.2, -0.15) is 0 Å². The Morgan fingerprint density at radius 1 is 1.12 bits per heavy atom. The molecule has 1 atom stereocenters. The Bertz CT molecular complexity index is 1250. The van der Waals surface area contributed by atoms with Gasteiger partial charge in [-0.1, -0.05) is 6.07 Å². The molecule has 0 radical (unpaired) electrons. The summed E-state index contributed by atoms with van der Waals surface area (Å²) in [5.74, 6) is -0.248. The summed E-state index contributed by atoms with van der Waals surface area (Å²) in [6.07, 6.45) is 0.902. The van der Waals surface area contributed by atoms with Crippen molar-refractivity contribution in [3.63, 3.8) is 0 Å². The highest BCUT2D eigenvalue weighted by molar-refractivity contribution is 7.92. The maximum Gasteiger partial charge on any atom is 0.271 e. The monoisotopic (exact) mass is 514 g/mol. The second-order valence-electron chi connectivity index (χ2n) is 7.41. The van der Waals surface area contributed by atoms with Crippen LogP contribution >= 0.6 is 0 Å². The van der Waals surface area contributed by atoms with E-state index in [4.69, 9.17) is 4.74 Å². The normalized spacial score (nSPS) is 12.7. The number of hydrogen-bond donors (Lipinski definition) is 1. The number of nitro groups is 1. The highest BCUT2D eigenvalue weighted by Gasteiger charge is 2.30. The highest BCUT2D eigenvalue weighted by Crippen LogP contribution is 2.25. The van der Waals surface area contributed by atoms with E-state index in [1.807, 2.05) is 0 Å². The van der Waals surface area contributed by atoms with Crippen LogP contribution in [0.5, 0.6) is 5.75 Å². The van der Waals surface area contributed by atoms with Crippen molar-refractivity contribution in [1.82, 2.24) is 9.62 Å². The minimum absolute atomic E-state index is 0.0108. The third-order valence-electron chi connectivity index (χ3n) is 4.66. The molecule has 2 aromatic rings. The van der Waals surface area contributed by atoms with Gasteiger partial charge in [-0.05, 0) is 37.3 Å². The van der Waals surface area contributed by atoms with Crippen LogP contribution in [0.15, 0.2) is 53.4 Å². The van der Waals surface area contributed by atoms with Crippen LogP contribution in [0.2, 0.25) is 0 Å². The number of anilines is 1. The largest absolute Gasteiger partial charge is 0.492 e. The summed E-state index contributed by atoms with van der Waals surface area (Å²) in [7, 11) is -4.65. The molecule has 14 heteroatoms. The Hall–Kier alpha value is -3.23. The Kier molecular flexibility index (Phi) is 8.58. The molecule has 1 N–H and O–H groups in total. The fourth-order valence-corrected chi connectivity index (χ4v) is 5.03. The predicted octanol–water partition coefficient (Wildman–Crippen LogP) is 1.19. The summed E-state index contributed by atoms with van der Waals surface area (Å²) >= 11 is 0. The van der Waals surface area contributed by atoms with Gasteiger partial charge in [0.2, 0.25) is 26.0 Å². The first-order valence-electron chi connectivity index (χ1n) is 9.92. The number of carbonyl (C=O) groups excluding carboxylic acids is 1. The van der Waals surface area contributed by atoms with E-state index in [2.05, 4.69) is 5.32 Å². The van der Waals surface area contributed by atoms with Crippen molar-refractivity contribution in [3.05, 3.63) is 58.6 Å². The van der Waals surface area contributed by atoms with Gasteiger partial charge < -0.3 is 10.1 Å². The number of nitrogens with one attached hydrogen (secondary N) is 1. The Labute approximate surface area is 198 Å². The molecular weight excluding hydrogens is 488 g/mol. The second-order valence-corrected chi connectivity index (χ2v) is 11.4. The lowest BCUT2D eigenvalue weighted by Gasteiger charge is -2.28. The highest BCUT2D eigenvalue weighted by atomic mass is 32.2. The van der Waals surface area contributed by atoms with Crippen LogP contribution in [0, 0.1) is 10.1 Å². The average molecular weight is 515 g/mol. The van der Waals surface area contributed by atoms with E-state index in [1.54, 1.807) is 0 Å². The third kappa shape index (κ3) is 6.65. The molecule has 186 valence electrons. The van der Waals surface area contributed by atoms with Gasteiger partial charge in [0.1, 0.15) is 18.4 Å². The molecule has 0 heterocycles. The molecule has 0 fully saturated rings. The van der Waals surface area contributed by atoms with E-state index in [1.165, 1.54) is 63.5 Å². The van der Waals surface area contributed by atoms with Crippen LogP contribution in [-0.2, 0) is 24.8 Å². The molecule has 0 spiro atoms. The van der Waals surface area contributed by atoms with Crippen molar-refractivity contribution >= 4 is 37.3 Å². The predicted molar refractivity (Wildman–Crippen MR) is 126 cm³/mol. The minimum Gasteiger partial charge on any atom is -0.492 e. The van der Waals surface area contributed by atoms with Gasteiger partial charge in [-0.15, -0.1) is 0 Å². The fourth-order valence-electron chi connectivity index (χ4n) is 2.96. The molecule has 34 heavy (non-hydrogen) atoms. The molecular formula is C20H26N4O8S2. The number of benzene rings is 2. The van der Waals surface area contributed by atoms with Crippen molar-refractivity contribution < 1.29 is 31.3 Å². The van der Waals surface area contributed by atoms with E-state index < -0.39 is 36.9 Å². The smallest absolute Gasteiger partial charge is 0.271 e. The molecule has 0 saturated carbocycles. The maximum atomic E-state index is 12.6. The van der Waals surface area contributed by atoms with Gasteiger partial charge in [-0.25, -0.2) is 21.1 Å². The number of rotatable bonds is 11. The molecule has 0 saturated heterocycles. The summed E-state index contributed by atoms with van der Waals surface area (Å²) < 4.78 is 56.2. The van der Waals surface area contributed by atoms with Gasteiger partial charge in [-0.3, -0.25) is 19.2 Å². The standard InChI is InChI=1S/C20H26N4O8S2/c1-15(23(33(4,28)29)16-6-5-7-17(14-16)24(26)27)20(25)21-12-13-32-18-8-10-19(11-9-18)34(30,31)22(2)3/h5-11,14-15H,12-13H2,1-4H3,(H,21,25)/t15-/m0/s1. The summed E-state index contributed by atoms with van der Waals surface area (Å²) in [6, 6.07) is 9.56. The number of non-ortho nitro benzene ring substituents is 1. The lowest BCUT2D eigenvalue weighted by molar-refractivity contribution is -0.384. The first-order valence-corrected chi connectivity index (χ1v) is 13.2. The Morgan fingerprint density at radius 2 is 1.74 bits per heavy atom. The van der Waals surface area contributed by atoms with Crippen LogP contribution < -0.4 is 14.4 Å². The number of ether oxygens (including phenoxy) is 1. The van der Waals surface area contributed by atoms with Crippen molar-refractivity contribution in [2.45, 2.75) is 17.9 Å². The van der Waals surface area contributed by atoms with Crippen LogP contribution in [0.1, 0.15) is 6.92 Å². The molecule has 12 nitrogen and oxygen atoms in total. The molecule has 0 unspecified atom stereocenters. The summed E-state index contributed by atoms with van der Waals surface area (Å²) in [6.45, 7) is 1.43. The average Bonchev–Trinajstić information content (AvgIpc) is 2.76. The lowest BCUT2D eigenvalue weighted by Crippen LogP contribution is -2.48. The first kappa shape index (κ1) is 27.0.